The Morgan fingerprint density at radius 1 is 1.26 bits per heavy atom. The zero-order valence-corrected chi connectivity index (χ0v) is 18.0. The van der Waals surface area contributed by atoms with Crippen LogP contribution in [0.4, 0.5) is 4.39 Å². The molecule has 0 radical (unpaired) electrons. The fourth-order valence-electron chi connectivity index (χ4n) is 2.84. The van der Waals surface area contributed by atoms with Crippen LogP contribution in [-0.2, 0) is 21.2 Å². The minimum atomic E-state index is -3.88. The summed E-state index contributed by atoms with van der Waals surface area (Å²) in [6.07, 6.45) is 2.42. The first kappa shape index (κ1) is 24.5. The van der Waals surface area contributed by atoms with Gasteiger partial charge in [0.1, 0.15) is 0 Å². The van der Waals surface area contributed by atoms with Gasteiger partial charge >= 0.3 is 0 Å². The number of hydrogen-bond acceptors (Lipinski definition) is 7. The molecular formula is C20H25FN2O7S. The van der Waals surface area contributed by atoms with Crippen molar-refractivity contribution < 1.29 is 32.7 Å². The van der Waals surface area contributed by atoms with Crippen molar-refractivity contribution in [3.63, 3.8) is 0 Å². The van der Waals surface area contributed by atoms with Crippen molar-refractivity contribution in [2.24, 2.45) is 0 Å². The lowest BCUT2D eigenvalue weighted by Gasteiger charge is -2.25. The number of aromatic nitrogens is 1. The maximum absolute atomic E-state index is 14.2. The summed E-state index contributed by atoms with van der Waals surface area (Å²) in [5.41, 5.74) is 1.77. The molecule has 1 amide bonds. The predicted molar refractivity (Wildman–Crippen MR) is 111 cm³/mol. The molecule has 0 bridgehead atoms. The number of rotatable bonds is 10. The number of benzene rings is 1. The van der Waals surface area contributed by atoms with Gasteiger partial charge in [-0.1, -0.05) is 6.07 Å². The highest BCUT2D eigenvalue weighted by atomic mass is 32.2. The van der Waals surface area contributed by atoms with Crippen molar-refractivity contribution >= 4 is 15.7 Å². The molecule has 2 rings (SSSR count). The number of amides is 1. The molecule has 0 saturated heterocycles. The minimum Gasteiger partial charge on any atom is -0.490 e. The molecule has 0 aliphatic carbocycles. The van der Waals surface area contributed by atoms with Crippen molar-refractivity contribution in [1.29, 1.82) is 0 Å². The second kappa shape index (κ2) is 10.0. The number of ether oxygens (including phenoxy) is 1. The Morgan fingerprint density at radius 3 is 2.48 bits per heavy atom. The standard InChI is InChI=1S/C20H25FN2O7S/c1-20(19(26)22-27,31(2,28)29)7-9-23-8-6-15(13-18(23)25)14-4-5-17(16(21)12-14)30-11-3-10-24/h4-6,8,12-13,24,27H,3,7,9-11H2,1-2H3,(H,22,26). The third-order valence-electron chi connectivity index (χ3n) is 5.05. The summed E-state index contributed by atoms with van der Waals surface area (Å²) in [5, 5.41) is 17.6. The molecule has 2 aromatic rings. The van der Waals surface area contributed by atoms with Gasteiger partial charge in [-0.2, -0.15) is 0 Å². The van der Waals surface area contributed by atoms with Gasteiger partial charge in [0.15, 0.2) is 26.2 Å². The van der Waals surface area contributed by atoms with Gasteiger partial charge in [-0.05, 0) is 42.7 Å². The number of hydrogen-bond donors (Lipinski definition) is 3. The number of sulfone groups is 1. The number of aliphatic hydroxyl groups excluding tert-OH is 1. The van der Waals surface area contributed by atoms with Crippen LogP contribution in [0.2, 0.25) is 0 Å². The van der Waals surface area contributed by atoms with E-state index >= 15 is 0 Å². The van der Waals surface area contributed by atoms with Crippen molar-refractivity contribution in [3.8, 4) is 16.9 Å². The van der Waals surface area contributed by atoms with E-state index < -0.39 is 31.9 Å². The quantitative estimate of drug-likeness (QED) is 0.277. The third kappa shape index (κ3) is 5.69. The zero-order chi connectivity index (χ0) is 23.2. The maximum atomic E-state index is 14.2. The largest absolute Gasteiger partial charge is 0.490 e. The number of hydroxylamine groups is 1. The van der Waals surface area contributed by atoms with E-state index in [0.29, 0.717) is 17.5 Å². The number of nitrogens with zero attached hydrogens (tertiary/aromatic N) is 1. The van der Waals surface area contributed by atoms with E-state index in [4.69, 9.17) is 15.1 Å². The molecule has 0 aliphatic rings. The van der Waals surface area contributed by atoms with Gasteiger partial charge in [-0.25, -0.2) is 18.3 Å². The summed E-state index contributed by atoms with van der Waals surface area (Å²) in [6, 6.07) is 7.07. The van der Waals surface area contributed by atoms with Crippen molar-refractivity contribution in [2.45, 2.75) is 31.1 Å². The molecule has 0 fully saturated rings. The number of carbonyl (C=O) groups excluding carboxylic acids is 1. The molecule has 11 heteroatoms. The first-order valence-corrected chi connectivity index (χ1v) is 11.3. The average molecular weight is 456 g/mol. The smallest absolute Gasteiger partial charge is 0.264 e. The normalized spacial score (nSPS) is 13.5. The van der Waals surface area contributed by atoms with E-state index in [1.165, 1.54) is 41.4 Å². The third-order valence-corrected chi connectivity index (χ3v) is 7.08. The second-order valence-corrected chi connectivity index (χ2v) is 9.66. The molecule has 1 aromatic carbocycles. The Morgan fingerprint density at radius 2 is 1.94 bits per heavy atom. The van der Waals surface area contributed by atoms with E-state index in [1.54, 1.807) is 12.1 Å². The topological polar surface area (TPSA) is 135 Å². The minimum absolute atomic E-state index is 0.0350. The lowest BCUT2D eigenvalue weighted by Crippen LogP contribution is -2.49. The molecule has 1 aromatic heterocycles. The number of nitrogens with one attached hydrogen (secondary N) is 1. The summed E-state index contributed by atoms with van der Waals surface area (Å²) in [4.78, 5) is 24.3. The molecule has 170 valence electrons. The fraction of sp³-hybridized carbons (Fsp3) is 0.400. The van der Waals surface area contributed by atoms with E-state index in [0.717, 1.165) is 6.26 Å². The first-order valence-electron chi connectivity index (χ1n) is 9.41. The molecule has 3 N–H and O–H groups in total. The molecule has 1 atom stereocenters. The Balaban J connectivity index is 2.21. The van der Waals surface area contributed by atoms with Crippen molar-refractivity contribution in [2.75, 3.05) is 19.5 Å². The number of pyridine rings is 1. The zero-order valence-electron chi connectivity index (χ0n) is 17.2. The molecule has 1 unspecified atom stereocenters. The monoisotopic (exact) mass is 456 g/mol. The SMILES string of the molecule is CC(CCn1ccc(-c2ccc(OCCCO)c(F)c2)cc1=O)(C(=O)NO)S(C)(=O)=O. The predicted octanol–water partition coefficient (Wildman–Crippen LogP) is 1.11. The van der Waals surface area contributed by atoms with Gasteiger partial charge in [0.25, 0.3) is 11.5 Å². The van der Waals surface area contributed by atoms with Crippen LogP contribution in [0.25, 0.3) is 11.1 Å². The van der Waals surface area contributed by atoms with E-state index in [2.05, 4.69) is 0 Å². The lowest BCUT2D eigenvalue weighted by molar-refractivity contribution is -0.131. The number of aliphatic hydroxyl groups is 1. The molecule has 0 aliphatic heterocycles. The first-order chi connectivity index (χ1) is 14.5. The second-order valence-electron chi connectivity index (χ2n) is 7.21. The number of carbonyl (C=O) groups is 1. The highest BCUT2D eigenvalue weighted by Gasteiger charge is 2.43. The Hall–Kier alpha value is -2.76. The molecule has 0 saturated carbocycles. The molecule has 0 spiro atoms. The number of aryl methyl sites for hydroxylation is 1. The summed E-state index contributed by atoms with van der Waals surface area (Å²) < 4.78 is 42.8. The van der Waals surface area contributed by atoms with Crippen LogP contribution < -0.4 is 15.8 Å². The highest BCUT2D eigenvalue weighted by molar-refractivity contribution is 7.92. The van der Waals surface area contributed by atoms with Gasteiger partial charge in [-0.3, -0.25) is 14.8 Å². The van der Waals surface area contributed by atoms with Crippen LogP contribution in [0.15, 0.2) is 41.3 Å². The van der Waals surface area contributed by atoms with Gasteiger partial charge in [0.2, 0.25) is 0 Å². The van der Waals surface area contributed by atoms with Gasteiger partial charge in [-0.15, -0.1) is 0 Å². The van der Waals surface area contributed by atoms with Gasteiger partial charge in [0, 0.05) is 38.1 Å². The summed E-state index contributed by atoms with van der Waals surface area (Å²) in [5.74, 6) is -1.66. The Kier molecular flexibility index (Phi) is 7.93. The molecular weight excluding hydrogens is 431 g/mol. The van der Waals surface area contributed by atoms with Crippen LogP contribution in [-0.4, -0.2) is 53.4 Å². The van der Waals surface area contributed by atoms with Crippen LogP contribution in [0.3, 0.4) is 0 Å². The highest BCUT2D eigenvalue weighted by Crippen LogP contribution is 2.26. The van der Waals surface area contributed by atoms with E-state index in [1.807, 2.05) is 0 Å². The van der Waals surface area contributed by atoms with Crippen LogP contribution >= 0.6 is 0 Å². The average Bonchev–Trinajstić information content (AvgIpc) is 2.72. The van der Waals surface area contributed by atoms with Crippen molar-refractivity contribution in [1.82, 2.24) is 10.0 Å². The van der Waals surface area contributed by atoms with Gasteiger partial charge in [0.05, 0.1) is 6.61 Å². The van der Waals surface area contributed by atoms with Crippen LogP contribution in [0, 0.1) is 5.82 Å². The van der Waals surface area contributed by atoms with Crippen LogP contribution in [0.5, 0.6) is 5.75 Å². The van der Waals surface area contributed by atoms with E-state index in [9.17, 15) is 22.4 Å². The molecule has 1 heterocycles. The summed E-state index contributed by atoms with van der Waals surface area (Å²) in [7, 11) is -3.88. The van der Waals surface area contributed by atoms with E-state index in [-0.39, 0.29) is 31.9 Å². The fourth-order valence-corrected chi connectivity index (χ4v) is 3.68. The van der Waals surface area contributed by atoms with Crippen molar-refractivity contribution in [3.05, 3.63) is 52.7 Å². The summed E-state index contributed by atoms with van der Waals surface area (Å²) >= 11 is 0. The molecule has 31 heavy (non-hydrogen) atoms. The lowest BCUT2D eigenvalue weighted by atomic mass is 10.1. The Bertz CT molecular complexity index is 1100. The van der Waals surface area contributed by atoms with Gasteiger partial charge < -0.3 is 14.4 Å². The Labute approximate surface area is 179 Å². The maximum Gasteiger partial charge on any atom is 0.264 e. The summed E-state index contributed by atoms with van der Waals surface area (Å²) in [6.45, 7) is 1.18. The van der Waals surface area contributed by atoms with Crippen LogP contribution in [0.1, 0.15) is 19.8 Å². The molecule has 9 nitrogen and oxygen atoms in total. The number of halogens is 1.